The quantitative estimate of drug-likeness (QED) is 0.856. The molecule has 0 atom stereocenters. The Hall–Kier alpha value is -2.69. The second kappa shape index (κ2) is 6.85. The van der Waals surface area contributed by atoms with E-state index in [1.807, 2.05) is 19.1 Å². The second-order valence-corrected chi connectivity index (χ2v) is 5.28. The molecule has 0 amide bonds. The zero-order chi connectivity index (χ0) is 16.1. The summed E-state index contributed by atoms with van der Waals surface area (Å²) in [5.74, 6) is -1.78. The molecule has 0 saturated carbocycles. The van der Waals surface area contributed by atoms with Crippen molar-refractivity contribution in [1.82, 2.24) is 4.98 Å². The second-order valence-electron chi connectivity index (χ2n) is 5.28. The molecule has 5 nitrogen and oxygen atoms in total. The number of aromatic carboxylic acids is 1. The highest BCUT2D eigenvalue weighted by Crippen LogP contribution is 2.15. The molecule has 0 saturated heterocycles. The molecular formula is C17H17NO4. The van der Waals surface area contributed by atoms with Gasteiger partial charge in [-0.3, -0.25) is 9.78 Å². The first-order chi connectivity index (χ1) is 10.4. The third kappa shape index (κ3) is 4.41. The van der Waals surface area contributed by atoms with E-state index in [2.05, 4.69) is 4.98 Å². The summed E-state index contributed by atoms with van der Waals surface area (Å²) in [5.41, 5.74) is 3.86. The molecule has 1 heterocycles. The van der Waals surface area contributed by atoms with Crippen molar-refractivity contribution >= 4 is 11.9 Å². The van der Waals surface area contributed by atoms with Gasteiger partial charge < -0.3 is 10.2 Å². The van der Waals surface area contributed by atoms with Crippen LogP contribution in [0.5, 0.6) is 0 Å². The highest BCUT2D eigenvalue weighted by molar-refractivity contribution is 5.88. The molecule has 1 aromatic heterocycles. The highest BCUT2D eigenvalue weighted by Gasteiger charge is 2.07. The van der Waals surface area contributed by atoms with Crippen LogP contribution in [0.1, 0.15) is 39.0 Å². The average Bonchev–Trinajstić information content (AvgIpc) is 2.45. The van der Waals surface area contributed by atoms with Gasteiger partial charge in [-0.2, -0.15) is 0 Å². The molecule has 22 heavy (non-hydrogen) atoms. The number of carboxylic acids is 2. The lowest BCUT2D eigenvalue weighted by Gasteiger charge is -2.07. The number of benzene rings is 1. The number of nitrogens with zero attached hydrogens (tertiary/aromatic N) is 1. The summed E-state index contributed by atoms with van der Waals surface area (Å²) < 4.78 is 0. The first kappa shape index (κ1) is 15.7. The van der Waals surface area contributed by atoms with E-state index in [0.29, 0.717) is 12.8 Å². The Kier molecular flexibility index (Phi) is 4.88. The van der Waals surface area contributed by atoms with Gasteiger partial charge in [-0.1, -0.05) is 12.1 Å². The molecule has 114 valence electrons. The van der Waals surface area contributed by atoms with Crippen molar-refractivity contribution in [3.05, 3.63) is 64.5 Å². The molecule has 5 heteroatoms. The van der Waals surface area contributed by atoms with E-state index in [4.69, 9.17) is 10.2 Å². The van der Waals surface area contributed by atoms with Crippen molar-refractivity contribution in [2.75, 3.05) is 0 Å². The lowest BCUT2D eigenvalue weighted by atomic mass is 10.00. The molecule has 1 aromatic carbocycles. The highest BCUT2D eigenvalue weighted by atomic mass is 16.4. The van der Waals surface area contributed by atoms with Crippen LogP contribution in [0, 0.1) is 6.92 Å². The summed E-state index contributed by atoms with van der Waals surface area (Å²) in [4.78, 5) is 25.8. The predicted octanol–water partition coefficient (Wildman–Crippen LogP) is 2.70. The smallest absolute Gasteiger partial charge is 0.335 e. The van der Waals surface area contributed by atoms with Gasteiger partial charge >= 0.3 is 11.9 Å². The maximum absolute atomic E-state index is 11.1. The van der Waals surface area contributed by atoms with Crippen LogP contribution in [0.25, 0.3) is 0 Å². The van der Waals surface area contributed by atoms with Crippen molar-refractivity contribution in [3.63, 3.8) is 0 Å². The minimum absolute atomic E-state index is 0.0682. The van der Waals surface area contributed by atoms with Crippen molar-refractivity contribution in [2.45, 2.75) is 26.2 Å². The van der Waals surface area contributed by atoms with Gasteiger partial charge in [0, 0.05) is 18.8 Å². The van der Waals surface area contributed by atoms with Crippen LogP contribution in [0.2, 0.25) is 0 Å². The zero-order valence-corrected chi connectivity index (χ0v) is 12.2. The van der Waals surface area contributed by atoms with Crippen molar-refractivity contribution in [3.8, 4) is 0 Å². The van der Waals surface area contributed by atoms with Crippen molar-refractivity contribution < 1.29 is 19.8 Å². The van der Waals surface area contributed by atoms with E-state index in [1.54, 1.807) is 24.5 Å². The molecular weight excluding hydrogens is 282 g/mol. The largest absolute Gasteiger partial charge is 0.481 e. The molecule has 2 N–H and O–H groups in total. The van der Waals surface area contributed by atoms with E-state index in [9.17, 15) is 9.59 Å². The lowest BCUT2D eigenvalue weighted by molar-refractivity contribution is -0.136. The number of rotatable bonds is 6. The van der Waals surface area contributed by atoms with Gasteiger partial charge in [-0.15, -0.1) is 0 Å². The van der Waals surface area contributed by atoms with Gasteiger partial charge in [0.15, 0.2) is 0 Å². The van der Waals surface area contributed by atoms with Crippen LogP contribution in [-0.2, 0) is 17.6 Å². The third-order valence-corrected chi connectivity index (χ3v) is 3.27. The zero-order valence-electron chi connectivity index (χ0n) is 12.2. The summed E-state index contributed by atoms with van der Waals surface area (Å²) in [6.45, 7) is 1.86. The lowest BCUT2D eigenvalue weighted by Crippen LogP contribution is -2.01. The molecule has 0 aliphatic carbocycles. The number of aromatic nitrogens is 1. The standard InChI is InChI=1S/C17H17NO4/c1-11-4-13(8-15(5-11)17(21)22)7-14-6-12(9-18-10-14)2-3-16(19)20/h4-6,8-10H,2-3,7H2,1H3,(H,19,20)(H,21,22). The SMILES string of the molecule is Cc1cc(Cc2cncc(CCC(=O)O)c2)cc(C(=O)O)c1. The van der Waals surface area contributed by atoms with Crippen LogP contribution in [0.15, 0.2) is 36.7 Å². The van der Waals surface area contributed by atoms with Gasteiger partial charge in [0.05, 0.1) is 5.56 Å². The fraction of sp³-hybridized carbons (Fsp3) is 0.235. The van der Waals surface area contributed by atoms with Gasteiger partial charge in [0.25, 0.3) is 0 Å². The maximum atomic E-state index is 11.1. The number of hydrogen-bond acceptors (Lipinski definition) is 3. The summed E-state index contributed by atoms with van der Waals surface area (Å²) >= 11 is 0. The van der Waals surface area contributed by atoms with E-state index < -0.39 is 11.9 Å². The van der Waals surface area contributed by atoms with Crippen molar-refractivity contribution in [1.29, 1.82) is 0 Å². The fourth-order valence-corrected chi connectivity index (χ4v) is 2.35. The molecule has 0 unspecified atom stereocenters. The Morgan fingerprint density at radius 1 is 1.00 bits per heavy atom. The van der Waals surface area contributed by atoms with Crippen molar-refractivity contribution in [2.24, 2.45) is 0 Å². The molecule has 0 fully saturated rings. The molecule has 2 rings (SSSR count). The maximum Gasteiger partial charge on any atom is 0.335 e. The monoisotopic (exact) mass is 299 g/mol. The fourth-order valence-electron chi connectivity index (χ4n) is 2.35. The molecule has 0 bridgehead atoms. The van der Waals surface area contributed by atoms with Crippen LogP contribution in [0.4, 0.5) is 0 Å². The summed E-state index contributed by atoms with van der Waals surface area (Å²) in [5, 5.41) is 17.8. The Labute approximate surface area is 128 Å². The molecule has 0 aliphatic rings. The normalized spacial score (nSPS) is 10.4. The Morgan fingerprint density at radius 2 is 1.73 bits per heavy atom. The average molecular weight is 299 g/mol. The van der Waals surface area contributed by atoms with E-state index >= 15 is 0 Å². The number of carbonyl (C=O) groups is 2. The number of pyridine rings is 1. The topological polar surface area (TPSA) is 87.5 Å². The first-order valence-corrected chi connectivity index (χ1v) is 6.92. The number of aliphatic carboxylic acids is 1. The van der Waals surface area contributed by atoms with E-state index in [0.717, 1.165) is 22.3 Å². The molecule has 0 radical (unpaired) electrons. The van der Waals surface area contributed by atoms with Crippen LogP contribution >= 0.6 is 0 Å². The van der Waals surface area contributed by atoms with Crippen LogP contribution in [0.3, 0.4) is 0 Å². The van der Waals surface area contributed by atoms with Gasteiger partial charge in [-0.25, -0.2) is 4.79 Å². The third-order valence-electron chi connectivity index (χ3n) is 3.27. The number of hydrogen-bond donors (Lipinski definition) is 2. The predicted molar refractivity (Wildman–Crippen MR) is 81.1 cm³/mol. The summed E-state index contributed by atoms with van der Waals surface area (Å²) in [7, 11) is 0. The summed E-state index contributed by atoms with van der Waals surface area (Å²) in [6.07, 6.45) is 4.44. The Bertz CT molecular complexity index is 710. The Morgan fingerprint density at radius 3 is 2.41 bits per heavy atom. The first-order valence-electron chi connectivity index (χ1n) is 6.92. The minimum Gasteiger partial charge on any atom is -0.481 e. The van der Waals surface area contributed by atoms with E-state index in [-0.39, 0.29) is 12.0 Å². The molecule has 0 aliphatic heterocycles. The number of carboxylic acid groups (broad SMARTS) is 2. The summed E-state index contributed by atoms with van der Waals surface area (Å²) in [6, 6.07) is 7.14. The van der Waals surface area contributed by atoms with Crippen LogP contribution in [-0.4, -0.2) is 27.1 Å². The molecule has 2 aromatic rings. The van der Waals surface area contributed by atoms with Crippen LogP contribution < -0.4 is 0 Å². The Balaban J connectivity index is 2.18. The van der Waals surface area contributed by atoms with Gasteiger partial charge in [0.1, 0.15) is 0 Å². The minimum atomic E-state index is -0.946. The van der Waals surface area contributed by atoms with Gasteiger partial charge in [0.2, 0.25) is 0 Å². The van der Waals surface area contributed by atoms with E-state index in [1.165, 1.54) is 0 Å². The number of aryl methyl sites for hydroxylation is 2. The van der Waals surface area contributed by atoms with Gasteiger partial charge in [-0.05, 0) is 54.2 Å². The molecule has 0 spiro atoms.